The normalized spacial score (nSPS) is 10.9. The highest BCUT2D eigenvalue weighted by Gasteiger charge is 2.12. The van der Waals surface area contributed by atoms with Gasteiger partial charge in [-0.25, -0.2) is 5.43 Å². The fourth-order valence-electron chi connectivity index (χ4n) is 1.91. The van der Waals surface area contributed by atoms with E-state index in [0.717, 1.165) is 11.6 Å². The van der Waals surface area contributed by atoms with E-state index in [2.05, 4.69) is 10.5 Å². The lowest BCUT2D eigenvalue weighted by Crippen LogP contribution is -2.14. The van der Waals surface area contributed by atoms with Crippen LogP contribution in [-0.4, -0.2) is 24.2 Å². The minimum atomic E-state index is -0.820. The first-order valence-corrected chi connectivity index (χ1v) is 7.11. The molecule has 0 aliphatic heterocycles. The van der Waals surface area contributed by atoms with Gasteiger partial charge < -0.3 is 9.84 Å². The number of nitrogens with zero attached hydrogens (tertiary/aromatic N) is 2. The van der Waals surface area contributed by atoms with Crippen molar-refractivity contribution in [2.75, 3.05) is 7.11 Å². The van der Waals surface area contributed by atoms with Crippen LogP contribution in [0.1, 0.15) is 11.1 Å². The molecule has 128 valence electrons. The number of hydrogen-bond acceptors (Lipinski definition) is 6. The van der Waals surface area contributed by atoms with E-state index in [1.54, 1.807) is 6.08 Å². The maximum Gasteiger partial charge on any atom is 0.266 e. The summed E-state index contributed by atoms with van der Waals surface area (Å²) in [5.74, 6) is -1.47. The van der Waals surface area contributed by atoms with Gasteiger partial charge >= 0.3 is 0 Å². The fourth-order valence-corrected chi connectivity index (χ4v) is 1.91. The van der Waals surface area contributed by atoms with Crippen molar-refractivity contribution in [3.05, 3.63) is 69.8 Å². The summed E-state index contributed by atoms with van der Waals surface area (Å²) in [6, 6.07) is 11.6. The minimum absolute atomic E-state index is 0.175. The molecule has 0 unspecified atom stereocenters. The number of rotatable bonds is 6. The Hall–Kier alpha value is -3.68. The summed E-state index contributed by atoms with van der Waals surface area (Å²) in [6.45, 7) is 0. The second kappa shape index (κ2) is 8.25. The Balaban J connectivity index is 2.06. The highest BCUT2D eigenvalue weighted by Crippen LogP contribution is 2.33. The second-order valence-electron chi connectivity index (χ2n) is 4.81. The van der Waals surface area contributed by atoms with Crippen LogP contribution in [0.3, 0.4) is 0 Å². The zero-order chi connectivity index (χ0) is 18.2. The molecular formula is C17H14N3O5-. The molecule has 8 heteroatoms. The Morgan fingerprint density at radius 3 is 2.60 bits per heavy atom. The molecule has 8 nitrogen and oxygen atoms in total. The molecule has 1 N–H and O–H groups in total. The monoisotopic (exact) mass is 340 g/mol. The van der Waals surface area contributed by atoms with Gasteiger partial charge in [0, 0.05) is 23.5 Å². The predicted molar refractivity (Wildman–Crippen MR) is 90.3 cm³/mol. The number of methoxy groups -OCH3 is 1. The minimum Gasteiger partial charge on any atom is -0.865 e. The van der Waals surface area contributed by atoms with Crippen LogP contribution >= 0.6 is 0 Å². The highest BCUT2D eigenvalue weighted by molar-refractivity contribution is 5.92. The molecule has 0 saturated heterocycles. The number of ether oxygens (including phenoxy) is 1. The zero-order valence-electron chi connectivity index (χ0n) is 13.2. The van der Waals surface area contributed by atoms with Crippen LogP contribution in [0.5, 0.6) is 11.5 Å². The lowest BCUT2D eigenvalue weighted by Gasteiger charge is -2.12. The summed E-state index contributed by atoms with van der Waals surface area (Å²) in [6.07, 6.45) is 4.10. The largest absolute Gasteiger partial charge is 0.865 e. The second-order valence-corrected chi connectivity index (χ2v) is 4.81. The third-order valence-corrected chi connectivity index (χ3v) is 3.09. The number of amides is 1. The smallest absolute Gasteiger partial charge is 0.266 e. The van der Waals surface area contributed by atoms with Crippen molar-refractivity contribution in [3.8, 4) is 11.5 Å². The number of carbonyl (C=O) groups excluding carboxylic acids is 1. The maximum absolute atomic E-state index is 11.7. The molecule has 1 amide bonds. The number of nitrogens with one attached hydrogen (secondary N) is 1. The lowest BCUT2D eigenvalue weighted by atomic mass is 10.2. The van der Waals surface area contributed by atoms with Gasteiger partial charge in [-0.1, -0.05) is 30.3 Å². The van der Waals surface area contributed by atoms with Crippen molar-refractivity contribution in [1.29, 1.82) is 0 Å². The molecule has 0 heterocycles. The molecule has 0 fully saturated rings. The number of benzene rings is 2. The van der Waals surface area contributed by atoms with Gasteiger partial charge in [-0.2, -0.15) is 5.10 Å². The number of hydrogen-bond donors (Lipinski definition) is 1. The van der Waals surface area contributed by atoms with Gasteiger partial charge in [-0.05, 0) is 17.7 Å². The molecule has 25 heavy (non-hydrogen) atoms. The molecule has 0 radical (unpaired) electrons. The number of nitro benzene ring substituents is 1. The quantitative estimate of drug-likeness (QED) is 0.373. The van der Waals surface area contributed by atoms with Gasteiger partial charge in [0.05, 0.1) is 18.2 Å². The van der Waals surface area contributed by atoms with Crippen LogP contribution in [0.25, 0.3) is 6.08 Å². The average molecular weight is 340 g/mol. The Morgan fingerprint density at radius 1 is 1.24 bits per heavy atom. The Kier molecular flexibility index (Phi) is 5.83. The van der Waals surface area contributed by atoms with Crippen LogP contribution in [0, 0.1) is 10.1 Å². The first-order valence-electron chi connectivity index (χ1n) is 7.11. The van der Waals surface area contributed by atoms with Crippen molar-refractivity contribution in [2.24, 2.45) is 5.10 Å². The lowest BCUT2D eigenvalue weighted by molar-refractivity contribution is -0.398. The van der Waals surface area contributed by atoms with E-state index in [1.807, 2.05) is 30.3 Å². The predicted octanol–water partition coefficient (Wildman–Crippen LogP) is 1.84. The van der Waals surface area contributed by atoms with Gasteiger partial charge in [0.2, 0.25) is 0 Å². The molecule has 0 aliphatic rings. The topological polar surface area (TPSA) is 117 Å². The SMILES string of the molecule is COc1cc(/C=N\NC(=O)/C=C/c2ccccc2)cc([N+](=O)[O-])c1[O-]. The molecule has 0 atom stereocenters. The summed E-state index contributed by atoms with van der Waals surface area (Å²) >= 11 is 0. The maximum atomic E-state index is 11.7. The first-order chi connectivity index (χ1) is 12.0. The van der Waals surface area contributed by atoms with E-state index < -0.39 is 22.3 Å². The molecular weight excluding hydrogens is 326 g/mol. The number of nitro groups is 1. The van der Waals surface area contributed by atoms with E-state index in [1.165, 1.54) is 25.5 Å². The van der Waals surface area contributed by atoms with E-state index >= 15 is 0 Å². The Bertz CT molecular complexity index is 832. The third kappa shape index (κ3) is 4.90. The molecule has 0 saturated carbocycles. The van der Waals surface area contributed by atoms with Crippen molar-refractivity contribution < 1.29 is 19.6 Å². The van der Waals surface area contributed by atoms with Crippen molar-refractivity contribution in [2.45, 2.75) is 0 Å². The summed E-state index contributed by atoms with van der Waals surface area (Å²) in [5, 5.41) is 26.3. The van der Waals surface area contributed by atoms with Crippen LogP contribution in [-0.2, 0) is 4.79 Å². The van der Waals surface area contributed by atoms with E-state index in [9.17, 15) is 20.0 Å². The van der Waals surface area contributed by atoms with Crippen LogP contribution in [0.4, 0.5) is 5.69 Å². The third-order valence-electron chi connectivity index (χ3n) is 3.09. The Morgan fingerprint density at radius 2 is 1.96 bits per heavy atom. The average Bonchev–Trinajstić information content (AvgIpc) is 2.61. The molecule has 0 aromatic heterocycles. The highest BCUT2D eigenvalue weighted by atomic mass is 16.6. The summed E-state index contributed by atoms with van der Waals surface area (Å²) in [5.41, 5.74) is 2.73. The van der Waals surface area contributed by atoms with Crippen LogP contribution in [0.2, 0.25) is 0 Å². The molecule has 2 aromatic carbocycles. The Labute approximate surface area is 143 Å². The first kappa shape index (κ1) is 17.7. The van der Waals surface area contributed by atoms with Crippen LogP contribution in [0.15, 0.2) is 53.6 Å². The van der Waals surface area contributed by atoms with Crippen molar-refractivity contribution in [1.82, 2.24) is 5.43 Å². The van der Waals surface area contributed by atoms with E-state index in [-0.39, 0.29) is 11.3 Å². The summed E-state index contributed by atoms with van der Waals surface area (Å²) < 4.78 is 4.81. The number of carbonyl (C=O) groups is 1. The van der Waals surface area contributed by atoms with Crippen molar-refractivity contribution in [3.63, 3.8) is 0 Å². The number of hydrazone groups is 1. The molecule has 0 bridgehead atoms. The van der Waals surface area contributed by atoms with Gasteiger partial charge in [-0.3, -0.25) is 14.9 Å². The van der Waals surface area contributed by atoms with Gasteiger partial charge in [0.15, 0.2) is 0 Å². The zero-order valence-corrected chi connectivity index (χ0v) is 13.2. The standard InChI is InChI=1S/C17H15N3O5/c1-25-15-10-13(9-14(17(15)22)20(23)24)11-18-19-16(21)8-7-12-5-3-2-4-6-12/h2-11,22H,1H3,(H,19,21)/p-1/b8-7+,18-11-. The van der Waals surface area contributed by atoms with E-state index in [0.29, 0.717) is 0 Å². The summed E-state index contributed by atoms with van der Waals surface area (Å²) in [7, 11) is 1.23. The van der Waals surface area contributed by atoms with Gasteiger partial charge in [0.1, 0.15) is 5.75 Å². The van der Waals surface area contributed by atoms with Gasteiger partial charge in [-0.15, -0.1) is 0 Å². The van der Waals surface area contributed by atoms with Gasteiger partial charge in [0.25, 0.3) is 11.6 Å². The van der Waals surface area contributed by atoms with Crippen LogP contribution < -0.4 is 15.3 Å². The molecule has 0 spiro atoms. The molecule has 2 rings (SSSR count). The molecule has 0 aliphatic carbocycles. The fraction of sp³-hybridized carbons (Fsp3) is 0.0588. The van der Waals surface area contributed by atoms with E-state index in [4.69, 9.17) is 4.74 Å². The van der Waals surface area contributed by atoms with Crippen molar-refractivity contribution >= 4 is 23.9 Å². The summed E-state index contributed by atoms with van der Waals surface area (Å²) in [4.78, 5) is 21.7. The molecule has 2 aromatic rings.